The summed E-state index contributed by atoms with van der Waals surface area (Å²) in [7, 11) is 0. The molecule has 0 radical (unpaired) electrons. The quantitative estimate of drug-likeness (QED) is 0.669. The highest BCUT2D eigenvalue weighted by Gasteiger charge is 2.19. The predicted molar refractivity (Wildman–Crippen MR) is 77.0 cm³/mol. The Labute approximate surface area is 114 Å². The predicted octanol–water partition coefficient (Wildman–Crippen LogP) is 2.44. The summed E-state index contributed by atoms with van der Waals surface area (Å²) in [6.45, 7) is 4.15. The van der Waals surface area contributed by atoms with E-state index < -0.39 is 0 Å². The van der Waals surface area contributed by atoms with E-state index in [2.05, 4.69) is 17.0 Å². The third-order valence-electron chi connectivity index (χ3n) is 3.70. The summed E-state index contributed by atoms with van der Waals surface area (Å²) < 4.78 is 5.00. The van der Waals surface area contributed by atoms with Gasteiger partial charge in [-0.3, -0.25) is 4.79 Å². The molecule has 4 nitrogen and oxygen atoms in total. The highest BCUT2D eigenvalue weighted by Crippen LogP contribution is 2.25. The highest BCUT2D eigenvalue weighted by atomic mass is 16.5. The van der Waals surface area contributed by atoms with Crippen molar-refractivity contribution < 1.29 is 9.53 Å². The molecule has 0 unspecified atom stereocenters. The second kappa shape index (κ2) is 6.45. The van der Waals surface area contributed by atoms with Gasteiger partial charge in [0, 0.05) is 31.4 Å². The van der Waals surface area contributed by atoms with Gasteiger partial charge < -0.3 is 15.4 Å². The average molecular weight is 262 g/mol. The summed E-state index contributed by atoms with van der Waals surface area (Å²) in [4.78, 5) is 13.1. The second-order valence-corrected chi connectivity index (χ2v) is 5.15. The van der Waals surface area contributed by atoms with E-state index in [9.17, 15) is 4.79 Å². The molecule has 104 valence electrons. The van der Waals surface area contributed by atoms with Gasteiger partial charge in [-0.05, 0) is 49.4 Å². The van der Waals surface area contributed by atoms with Gasteiger partial charge in [-0.25, -0.2) is 0 Å². The van der Waals surface area contributed by atoms with E-state index in [1.807, 2.05) is 12.1 Å². The molecule has 1 aromatic carbocycles. The maximum atomic E-state index is 10.7. The van der Waals surface area contributed by atoms with Crippen LogP contribution < -0.4 is 10.6 Å². The van der Waals surface area contributed by atoms with Gasteiger partial charge in [-0.15, -0.1) is 0 Å². The molecule has 0 amide bonds. The molecule has 0 saturated carbocycles. The molecule has 1 heterocycles. The largest absolute Gasteiger partial charge is 0.466 e. The van der Waals surface area contributed by atoms with E-state index in [0.717, 1.165) is 38.0 Å². The van der Waals surface area contributed by atoms with Crippen molar-refractivity contribution in [3.8, 4) is 0 Å². The number of benzene rings is 1. The SMILES string of the molecule is CC(=O)OCCC1CCN(c2ccc(N)cc2)CC1. The summed E-state index contributed by atoms with van der Waals surface area (Å²) in [5.74, 6) is 0.490. The van der Waals surface area contributed by atoms with Gasteiger partial charge in [0.05, 0.1) is 6.61 Å². The highest BCUT2D eigenvalue weighted by molar-refractivity contribution is 5.65. The molecule has 0 spiro atoms. The number of nitrogens with two attached hydrogens (primary N) is 1. The van der Waals surface area contributed by atoms with Crippen molar-refractivity contribution in [2.24, 2.45) is 5.92 Å². The Balaban J connectivity index is 1.76. The number of hydrogen-bond donors (Lipinski definition) is 1. The number of carbonyl (C=O) groups is 1. The van der Waals surface area contributed by atoms with Crippen LogP contribution in [0.4, 0.5) is 11.4 Å². The van der Waals surface area contributed by atoms with Crippen LogP contribution >= 0.6 is 0 Å². The Kier molecular flexibility index (Phi) is 4.66. The molecule has 1 aromatic rings. The van der Waals surface area contributed by atoms with E-state index in [4.69, 9.17) is 10.5 Å². The number of nitrogen functional groups attached to an aromatic ring is 1. The number of esters is 1. The van der Waals surface area contributed by atoms with Gasteiger partial charge in [0.15, 0.2) is 0 Å². The number of piperidine rings is 1. The Bertz CT molecular complexity index is 409. The van der Waals surface area contributed by atoms with E-state index in [0.29, 0.717) is 12.5 Å². The van der Waals surface area contributed by atoms with Crippen molar-refractivity contribution in [2.45, 2.75) is 26.2 Å². The molecule has 1 aliphatic rings. The zero-order valence-electron chi connectivity index (χ0n) is 11.5. The minimum atomic E-state index is -0.181. The zero-order chi connectivity index (χ0) is 13.7. The molecule has 1 saturated heterocycles. The molecule has 2 N–H and O–H groups in total. The number of rotatable bonds is 4. The Morgan fingerprint density at radius 1 is 1.32 bits per heavy atom. The lowest BCUT2D eigenvalue weighted by molar-refractivity contribution is -0.141. The fourth-order valence-corrected chi connectivity index (χ4v) is 2.53. The Hall–Kier alpha value is -1.71. The van der Waals surface area contributed by atoms with Crippen LogP contribution in [0.25, 0.3) is 0 Å². The van der Waals surface area contributed by atoms with E-state index in [1.165, 1.54) is 12.6 Å². The van der Waals surface area contributed by atoms with Crippen LogP contribution in [0.5, 0.6) is 0 Å². The van der Waals surface area contributed by atoms with Crippen LogP contribution in [0, 0.1) is 5.92 Å². The number of carbonyl (C=O) groups excluding carboxylic acids is 1. The molecular weight excluding hydrogens is 240 g/mol. The molecule has 0 aliphatic carbocycles. The summed E-state index contributed by atoms with van der Waals surface area (Å²) >= 11 is 0. The molecule has 0 aromatic heterocycles. The van der Waals surface area contributed by atoms with Gasteiger partial charge in [-0.2, -0.15) is 0 Å². The van der Waals surface area contributed by atoms with Gasteiger partial charge in [0.2, 0.25) is 0 Å². The van der Waals surface area contributed by atoms with Crippen LogP contribution in [0.15, 0.2) is 24.3 Å². The minimum Gasteiger partial charge on any atom is -0.466 e. The molecule has 0 atom stereocenters. The van der Waals surface area contributed by atoms with Gasteiger partial charge in [0.25, 0.3) is 0 Å². The van der Waals surface area contributed by atoms with Crippen LogP contribution in [-0.4, -0.2) is 25.7 Å². The van der Waals surface area contributed by atoms with Gasteiger partial charge in [-0.1, -0.05) is 0 Å². The van der Waals surface area contributed by atoms with Crippen LogP contribution in [-0.2, 0) is 9.53 Å². The smallest absolute Gasteiger partial charge is 0.302 e. The molecule has 1 fully saturated rings. The topological polar surface area (TPSA) is 55.6 Å². The third-order valence-corrected chi connectivity index (χ3v) is 3.70. The fraction of sp³-hybridized carbons (Fsp3) is 0.533. The summed E-state index contributed by atoms with van der Waals surface area (Å²) in [6.07, 6.45) is 3.30. The Morgan fingerprint density at radius 3 is 2.53 bits per heavy atom. The van der Waals surface area contributed by atoms with Crippen molar-refractivity contribution in [2.75, 3.05) is 30.3 Å². The van der Waals surface area contributed by atoms with Gasteiger partial charge >= 0.3 is 5.97 Å². The first-order valence-corrected chi connectivity index (χ1v) is 6.89. The monoisotopic (exact) mass is 262 g/mol. The number of anilines is 2. The molecule has 19 heavy (non-hydrogen) atoms. The van der Waals surface area contributed by atoms with E-state index in [-0.39, 0.29) is 5.97 Å². The number of hydrogen-bond acceptors (Lipinski definition) is 4. The lowest BCUT2D eigenvalue weighted by atomic mass is 9.93. The summed E-state index contributed by atoms with van der Waals surface area (Å²) in [5, 5.41) is 0. The van der Waals surface area contributed by atoms with Crippen molar-refractivity contribution in [1.82, 2.24) is 0 Å². The lowest BCUT2D eigenvalue weighted by Crippen LogP contribution is -2.34. The van der Waals surface area contributed by atoms with E-state index >= 15 is 0 Å². The normalized spacial score (nSPS) is 16.4. The average Bonchev–Trinajstić information content (AvgIpc) is 2.40. The Morgan fingerprint density at radius 2 is 1.95 bits per heavy atom. The van der Waals surface area contributed by atoms with Crippen LogP contribution in [0.1, 0.15) is 26.2 Å². The maximum absolute atomic E-state index is 10.7. The van der Waals surface area contributed by atoms with Gasteiger partial charge in [0.1, 0.15) is 0 Å². The van der Waals surface area contributed by atoms with Crippen molar-refractivity contribution in [3.63, 3.8) is 0 Å². The zero-order valence-corrected chi connectivity index (χ0v) is 11.5. The van der Waals surface area contributed by atoms with Crippen LogP contribution in [0.3, 0.4) is 0 Å². The first kappa shape index (κ1) is 13.7. The number of nitrogens with zero attached hydrogens (tertiary/aromatic N) is 1. The third kappa shape index (κ3) is 4.16. The van der Waals surface area contributed by atoms with Crippen molar-refractivity contribution in [1.29, 1.82) is 0 Å². The minimum absolute atomic E-state index is 0.181. The second-order valence-electron chi connectivity index (χ2n) is 5.15. The number of ether oxygens (including phenoxy) is 1. The van der Waals surface area contributed by atoms with Crippen LogP contribution in [0.2, 0.25) is 0 Å². The first-order valence-electron chi connectivity index (χ1n) is 6.89. The molecule has 2 rings (SSSR count). The van der Waals surface area contributed by atoms with Crippen molar-refractivity contribution in [3.05, 3.63) is 24.3 Å². The van der Waals surface area contributed by atoms with E-state index in [1.54, 1.807) is 0 Å². The molecule has 1 aliphatic heterocycles. The maximum Gasteiger partial charge on any atom is 0.302 e. The molecule has 0 bridgehead atoms. The van der Waals surface area contributed by atoms with Crippen molar-refractivity contribution >= 4 is 17.3 Å². The fourth-order valence-electron chi connectivity index (χ4n) is 2.53. The molecular formula is C15H22N2O2. The standard InChI is InChI=1S/C15H22N2O2/c1-12(18)19-11-8-13-6-9-17(10-7-13)15-4-2-14(16)3-5-15/h2-5,13H,6-11,16H2,1H3. The summed E-state index contributed by atoms with van der Waals surface area (Å²) in [5.41, 5.74) is 7.75. The summed E-state index contributed by atoms with van der Waals surface area (Å²) in [6, 6.07) is 8.05. The lowest BCUT2D eigenvalue weighted by Gasteiger charge is -2.33. The first-order chi connectivity index (χ1) is 9.15. The molecule has 4 heteroatoms.